The molecule has 0 aromatic heterocycles. The first-order valence-electron chi connectivity index (χ1n) is 7.99. The van der Waals surface area contributed by atoms with Crippen LogP contribution in [0.5, 0.6) is 5.75 Å². The number of nitrogens with one attached hydrogen (secondary N) is 1. The van der Waals surface area contributed by atoms with Crippen LogP contribution in [0.3, 0.4) is 0 Å². The number of nitrogens with zero attached hydrogens (tertiary/aromatic N) is 1. The second kappa shape index (κ2) is 6.80. The standard InChI is InChI=1S/C18H30N2O/c1-18(2)12-8-10-15(17(18)19-3)20(4)13-14-9-6-7-11-16(14)21-5/h6-7,9,11,15,17,19H,8,10,12-13H2,1-5H3. The number of benzene rings is 1. The molecule has 1 N–H and O–H groups in total. The molecule has 2 atom stereocenters. The van der Waals surface area contributed by atoms with E-state index in [0.717, 1.165) is 12.3 Å². The molecule has 118 valence electrons. The van der Waals surface area contributed by atoms with Crippen LogP contribution < -0.4 is 10.1 Å². The van der Waals surface area contributed by atoms with Crippen LogP contribution in [-0.4, -0.2) is 38.2 Å². The summed E-state index contributed by atoms with van der Waals surface area (Å²) >= 11 is 0. The summed E-state index contributed by atoms with van der Waals surface area (Å²) < 4.78 is 5.49. The van der Waals surface area contributed by atoms with Crippen LogP contribution >= 0.6 is 0 Å². The number of hydrogen-bond acceptors (Lipinski definition) is 3. The molecule has 1 aliphatic rings. The van der Waals surface area contributed by atoms with Crippen molar-refractivity contribution < 1.29 is 4.74 Å². The lowest BCUT2D eigenvalue weighted by atomic mass is 9.70. The Bertz CT molecular complexity index is 458. The molecule has 0 saturated heterocycles. The van der Waals surface area contributed by atoms with Gasteiger partial charge in [-0.1, -0.05) is 38.5 Å². The van der Waals surface area contributed by atoms with E-state index in [1.807, 2.05) is 12.1 Å². The van der Waals surface area contributed by atoms with Crippen molar-refractivity contribution in [1.82, 2.24) is 10.2 Å². The first-order valence-corrected chi connectivity index (χ1v) is 7.99. The molecular weight excluding hydrogens is 260 g/mol. The lowest BCUT2D eigenvalue weighted by molar-refractivity contribution is 0.0628. The quantitative estimate of drug-likeness (QED) is 0.900. The molecule has 0 heterocycles. The normalized spacial score (nSPS) is 25.0. The lowest BCUT2D eigenvalue weighted by Gasteiger charge is -2.47. The molecule has 0 amide bonds. The molecule has 1 aromatic rings. The SMILES string of the molecule is CNC1C(N(C)Cc2ccccc2OC)CCCC1(C)C. The minimum atomic E-state index is 0.354. The van der Waals surface area contributed by atoms with Crippen molar-refractivity contribution in [2.75, 3.05) is 21.2 Å². The van der Waals surface area contributed by atoms with E-state index in [4.69, 9.17) is 4.74 Å². The summed E-state index contributed by atoms with van der Waals surface area (Å²) in [6.07, 6.45) is 3.88. The summed E-state index contributed by atoms with van der Waals surface area (Å²) in [6, 6.07) is 9.44. The highest BCUT2D eigenvalue weighted by Gasteiger charge is 2.39. The summed E-state index contributed by atoms with van der Waals surface area (Å²) in [5.41, 5.74) is 1.62. The Morgan fingerprint density at radius 1 is 1.33 bits per heavy atom. The molecule has 2 unspecified atom stereocenters. The molecule has 0 spiro atoms. The van der Waals surface area contributed by atoms with E-state index in [1.165, 1.54) is 24.8 Å². The minimum absolute atomic E-state index is 0.354. The second-order valence-electron chi connectivity index (χ2n) is 6.94. The van der Waals surface area contributed by atoms with Crippen molar-refractivity contribution in [2.45, 2.75) is 51.7 Å². The van der Waals surface area contributed by atoms with E-state index in [-0.39, 0.29) is 0 Å². The predicted octanol–water partition coefficient (Wildman–Crippen LogP) is 3.29. The van der Waals surface area contributed by atoms with Crippen LogP contribution in [-0.2, 0) is 6.54 Å². The molecule has 1 saturated carbocycles. The second-order valence-corrected chi connectivity index (χ2v) is 6.94. The number of methoxy groups -OCH3 is 1. The first kappa shape index (κ1) is 16.3. The Labute approximate surface area is 129 Å². The van der Waals surface area contributed by atoms with Crippen LogP contribution in [0, 0.1) is 5.41 Å². The third kappa shape index (κ3) is 3.58. The fourth-order valence-electron chi connectivity index (χ4n) is 3.89. The van der Waals surface area contributed by atoms with E-state index >= 15 is 0 Å². The number of ether oxygens (including phenoxy) is 1. The first-order chi connectivity index (χ1) is 9.99. The molecule has 0 radical (unpaired) electrons. The third-order valence-corrected chi connectivity index (χ3v) is 5.04. The van der Waals surface area contributed by atoms with Crippen LogP contribution in [0.1, 0.15) is 38.7 Å². The Hall–Kier alpha value is -1.06. The smallest absolute Gasteiger partial charge is 0.123 e. The van der Waals surface area contributed by atoms with E-state index in [0.29, 0.717) is 17.5 Å². The van der Waals surface area contributed by atoms with Gasteiger partial charge in [-0.3, -0.25) is 4.90 Å². The lowest BCUT2D eigenvalue weighted by Crippen LogP contribution is -2.56. The summed E-state index contributed by atoms with van der Waals surface area (Å²) in [5.74, 6) is 0.987. The molecule has 3 heteroatoms. The van der Waals surface area contributed by atoms with Gasteiger partial charge in [0.15, 0.2) is 0 Å². The van der Waals surface area contributed by atoms with Gasteiger partial charge in [-0.15, -0.1) is 0 Å². The molecule has 1 fully saturated rings. The van der Waals surface area contributed by atoms with Gasteiger partial charge in [-0.05, 0) is 38.4 Å². The van der Waals surface area contributed by atoms with E-state index in [9.17, 15) is 0 Å². The van der Waals surface area contributed by atoms with Gasteiger partial charge in [-0.2, -0.15) is 0 Å². The van der Waals surface area contributed by atoms with Gasteiger partial charge < -0.3 is 10.1 Å². The van der Waals surface area contributed by atoms with Crippen molar-refractivity contribution in [1.29, 1.82) is 0 Å². The van der Waals surface area contributed by atoms with Gasteiger partial charge in [0.05, 0.1) is 7.11 Å². The van der Waals surface area contributed by atoms with Crippen molar-refractivity contribution in [3.8, 4) is 5.75 Å². The van der Waals surface area contributed by atoms with Crippen LogP contribution in [0.15, 0.2) is 24.3 Å². The fourth-order valence-corrected chi connectivity index (χ4v) is 3.89. The largest absolute Gasteiger partial charge is 0.496 e. The highest BCUT2D eigenvalue weighted by atomic mass is 16.5. The van der Waals surface area contributed by atoms with Gasteiger partial charge in [-0.25, -0.2) is 0 Å². The van der Waals surface area contributed by atoms with Crippen LogP contribution in [0.25, 0.3) is 0 Å². The Balaban J connectivity index is 2.13. The van der Waals surface area contributed by atoms with Crippen molar-refractivity contribution in [3.05, 3.63) is 29.8 Å². The van der Waals surface area contributed by atoms with Crippen molar-refractivity contribution in [2.24, 2.45) is 5.41 Å². The number of para-hydroxylation sites is 1. The summed E-state index contributed by atoms with van der Waals surface area (Å²) in [5, 5.41) is 3.57. The van der Waals surface area contributed by atoms with Gasteiger partial charge >= 0.3 is 0 Å². The molecule has 1 aromatic carbocycles. The highest BCUT2D eigenvalue weighted by molar-refractivity contribution is 5.33. The Morgan fingerprint density at radius 3 is 2.71 bits per heavy atom. The number of rotatable bonds is 5. The van der Waals surface area contributed by atoms with Crippen molar-refractivity contribution in [3.63, 3.8) is 0 Å². The maximum absolute atomic E-state index is 5.49. The minimum Gasteiger partial charge on any atom is -0.496 e. The van der Waals surface area contributed by atoms with Gasteiger partial charge in [0.25, 0.3) is 0 Å². The number of hydrogen-bond donors (Lipinski definition) is 1. The van der Waals surface area contributed by atoms with E-state index in [1.54, 1.807) is 7.11 Å². The third-order valence-electron chi connectivity index (χ3n) is 5.04. The fraction of sp³-hybridized carbons (Fsp3) is 0.667. The van der Waals surface area contributed by atoms with Crippen molar-refractivity contribution >= 4 is 0 Å². The maximum atomic E-state index is 5.49. The summed E-state index contributed by atoms with van der Waals surface area (Å²) in [7, 11) is 6.09. The number of likely N-dealkylation sites (N-methyl/N-ethyl adjacent to an activating group) is 2. The Kier molecular flexibility index (Phi) is 5.28. The zero-order valence-corrected chi connectivity index (χ0v) is 14.1. The van der Waals surface area contributed by atoms with E-state index < -0.39 is 0 Å². The van der Waals surface area contributed by atoms with Crippen LogP contribution in [0.2, 0.25) is 0 Å². The monoisotopic (exact) mass is 290 g/mol. The van der Waals surface area contributed by atoms with Gasteiger partial charge in [0.2, 0.25) is 0 Å². The topological polar surface area (TPSA) is 24.5 Å². The molecule has 3 nitrogen and oxygen atoms in total. The highest BCUT2D eigenvalue weighted by Crippen LogP contribution is 2.38. The van der Waals surface area contributed by atoms with Gasteiger partial charge in [0, 0.05) is 24.2 Å². The van der Waals surface area contributed by atoms with E-state index in [2.05, 4.69) is 50.3 Å². The molecule has 1 aliphatic carbocycles. The molecule has 0 aliphatic heterocycles. The zero-order chi connectivity index (χ0) is 15.5. The van der Waals surface area contributed by atoms with Crippen LogP contribution in [0.4, 0.5) is 0 Å². The average Bonchev–Trinajstić information content (AvgIpc) is 2.46. The summed E-state index contributed by atoms with van der Waals surface area (Å²) in [6.45, 7) is 5.71. The van der Waals surface area contributed by atoms with Gasteiger partial charge in [0.1, 0.15) is 5.75 Å². The zero-order valence-electron chi connectivity index (χ0n) is 14.1. The molecular formula is C18H30N2O. The molecule has 2 rings (SSSR count). The average molecular weight is 290 g/mol. The predicted molar refractivity (Wildman–Crippen MR) is 88.7 cm³/mol. The molecule has 0 bridgehead atoms. The Morgan fingerprint density at radius 2 is 2.05 bits per heavy atom. The maximum Gasteiger partial charge on any atom is 0.123 e. The molecule has 21 heavy (non-hydrogen) atoms. The summed E-state index contributed by atoms with van der Waals surface area (Å²) in [4.78, 5) is 2.49.